The predicted octanol–water partition coefficient (Wildman–Crippen LogP) is 2.20. The molecule has 1 atom stereocenters. The van der Waals surface area contributed by atoms with Crippen molar-refractivity contribution in [2.75, 3.05) is 14.2 Å². The maximum absolute atomic E-state index is 11.6. The highest BCUT2D eigenvalue weighted by molar-refractivity contribution is 5.99. The molecule has 2 rings (SSSR count). The molecule has 102 valence electrons. The molecule has 0 amide bonds. The summed E-state index contributed by atoms with van der Waals surface area (Å²) in [5.41, 5.74) is 0.710. The van der Waals surface area contributed by atoms with Crippen LogP contribution in [0.25, 0.3) is 5.57 Å². The van der Waals surface area contributed by atoms with Gasteiger partial charge in [0, 0.05) is 12.8 Å². The van der Waals surface area contributed by atoms with Gasteiger partial charge < -0.3 is 14.6 Å². The zero-order chi connectivity index (χ0) is 14.0. The number of allylic oxidation sites excluding steroid dienone is 1. The molecule has 1 aliphatic rings. The van der Waals surface area contributed by atoms with Crippen molar-refractivity contribution in [3.05, 3.63) is 29.8 Å². The highest BCUT2D eigenvalue weighted by atomic mass is 16.5. The van der Waals surface area contributed by atoms with Crippen LogP contribution in [0.2, 0.25) is 0 Å². The van der Waals surface area contributed by atoms with E-state index in [4.69, 9.17) is 9.47 Å². The third kappa shape index (κ3) is 2.96. The minimum atomic E-state index is -0.978. The Morgan fingerprint density at radius 2 is 1.84 bits per heavy atom. The number of hydrogen-bond donors (Lipinski definition) is 1. The minimum Gasteiger partial charge on any atom is -0.493 e. The van der Waals surface area contributed by atoms with Crippen LogP contribution in [0, 0.1) is 0 Å². The van der Waals surface area contributed by atoms with Gasteiger partial charge in [-0.3, -0.25) is 4.79 Å². The van der Waals surface area contributed by atoms with E-state index in [9.17, 15) is 9.90 Å². The Bertz CT molecular complexity index is 529. The van der Waals surface area contributed by atoms with Crippen molar-refractivity contribution in [3.8, 4) is 11.5 Å². The van der Waals surface area contributed by atoms with Gasteiger partial charge in [0.25, 0.3) is 0 Å². The van der Waals surface area contributed by atoms with Gasteiger partial charge in [-0.2, -0.15) is 0 Å². The van der Waals surface area contributed by atoms with E-state index in [0.717, 1.165) is 11.1 Å². The van der Waals surface area contributed by atoms with Crippen LogP contribution in [0.4, 0.5) is 0 Å². The average Bonchev–Trinajstić information content (AvgIpc) is 2.35. The first-order valence-electron chi connectivity index (χ1n) is 6.13. The second-order valence-electron chi connectivity index (χ2n) is 5.06. The van der Waals surface area contributed by atoms with Gasteiger partial charge in [0.1, 0.15) is 0 Å². The maximum atomic E-state index is 11.6. The predicted molar refractivity (Wildman–Crippen MR) is 72.4 cm³/mol. The van der Waals surface area contributed by atoms with E-state index in [1.807, 2.05) is 12.1 Å². The van der Waals surface area contributed by atoms with Crippen molar-refractivity contribution in [1.82, 2.24) is 0 Å². The summed E-state index contributed by atoms with van der Waals surface area (Å²) in [6.45, 7) is 1.68. The summed E-state index contributed by atoms with van der Waals surface area (Å²) < 4.78 is 10.4. The molecular weight excluding hydrogens is 244 g/mol. The Hall–Kier alpha value is -1.81. The summed E-state index contributed by atoms with van der Waals surface area (Å²) in [7, 11) is 3.14. The van der Waals surface area contributed by atoms with Crippen LogP contribution in [0.5, 0.6) is 11.5 Å². The fraction of sp³-hybridized carbons (Fsp3) is 0.400. The third-order valence-corrected chi connectivity index (χ3v) is 3.22. The molecule has 1 aromatic rings. The number of benzene rings is 1. The lowest BCUT2D eigenvalue weighted by atomic mass is 9.83. The lowest BCUT2D eigenvalue weighted by Gasteiger charge is -2.27. The maximum Gasteiger partial charge on any atom is 0.161 e. The van der Waals surface area contributed by atoms with Gasteiger partial charge in [-0.15, -0.1) is 0 Å². The first-order chi connectivity index (χ1) is 8.95. The Morgan fingerprint density at radius 3 is 2.42 bits per heavy atom. The van der Waals surface area contributed by atoms with E-state index in [-0.39, 0.29) is 12.2 Å². The van der Waals surface area contributed by atoms with Crippen molar-refractivity contribution in [3.63, 3.8) is 0 Å². The quantitative estimate of drug-likeness (QED) is 0.907. The van der Waals surface area contributed by atoms with Crippen LogP contribution < -0.4 is 9.47 Å². The van der Waals surface area contributed by atoms with E-state index in [0.29, 0.717) is 17.9 Å². The molecule has 0 aromatic heterocycles. The molecule has 0 saturated heterocycles. The Kier molecular flexibility index (Phi) is 3.62. The van der Waals surface area contributed by atoms with E-state index >= 15 is 0 Å². The molecule has 0 fully saturated rings. The lowest BCUT2D eigenvalue weighted by Crippen LogP contribution is -2.30. The zero-order valence-electron chi connectivity index (χ0n) is 11.4. The SMILES string of the molecule is COc1ccc(C2=CC(=O)CC(C)(O)C2)cc1OC. The number of rotatable bonds is 3. The Labute approximate surface area is 112 Å². The van der Waals surface area contributed by atoms with Crippen LogP contribution >= 0.6 is 0 Å². The standard InChI is InChI=1S/C15H18O4/c1-15(17)8-11(6-12(16)9-15)10-4-5-13(18-2)14(7-10)19-3/h4-7,17H,8-9H2,1-3H3. The molecule has 19 heavy (non-hydrogen) atoms. The van der Waals surface area contributed by atoms with E-state index in [1.54, 1.807) is 33.3 Å². The molecule has 0 saturated carbocycles. The molecule has 4 heteroatoms. The van der Waals surface area contributed by atoms with Crippen LogP contribution in [-0.4, -0.2) is 30.7 Å². The molecule has 1 unspecified atom stereocenters. The van der Waals surface area contributed by atoms with Crippen molar-refractivity contribution >= 4 is 11.4 Å². The van der Waals surface area contributed by atoms with Crippen molar-refractivity contribution in [2.24, 2.45) is 0 Å². The Balaban J connectivity index is 2.39. The lowest BCUT2D eigenvalue weighted by molar-refractivity contribution is -0.119. The molecular formula is C15H18O4. The van der Waals surface area contributed by atoms with Crippen LogP contribution in [-0.2, 0) is 4.79 Å². The number of carbonyl (C=O) groups excluding carboxylic acids is 1. The first-order valence-corrected chi connectivity index (χ1v) is 6.13. The monoisotopic (exact) mass is 262 g/mol. The molecule has 0 spiro atoms. The topological polar surface area (TPSA) is 55.8 Å². The second kappa shape index (κ2) is 5.05. The number of carbonyl (C=O) groups is 1. The summed E-state index contributed by atoms with van der Waals surface area (Å²) in [4.78, 5) is 11.6. The molecule has 4 nitrogen and oxygen atoms in total. The second-order valence-corrected chi connectivity index (χ2v) is 5.06. The minimum absolute atomic E-state index is 0.0546. The Morgan fingerprint density at radius 1 is 1.16 bits per heavy atom. The largest absolute Gasteiger partial charge is 0.493 e. The molecule has 1 aromatic carbocycles. The number of ketones is 1. The number of aliphatic hydroxyl groups is 1. The molecule has 1 N–H and O–H groups in total. The van der Waals surface area contributed by atoms with Crippen molar-refractivity contribution < 1.29 is 19.4 Å². The summed E-state index contributed by atoms with van der Waals surface area (Å²) in [6, 6.07) is 5.48. The van der Waals surface area contributed by atoms with Gasteiger partial charge in [-0.1, -0.05) is 6.07 Å². The van der Waals surface area contributed by atoms with Gasteiger partial charge in [0.2, 0.25) is 0 Å². The van der Waals surface area contributed by atoms with Gasteiger partial charge in [-0.05, 0) is 36.3 Å². The first kappa shape index (κ1) is 13.6. The molecule has 0 radical (unpaired) electrons. The zero-order valence-corrected chi connectivity index (χ0v) is 11.4. The van der Waals surface area contributed by atoms with Gasteiger partial charge >= 0.3 is 0 Å². The summed E-state index contributed by atoms with van der Waals surface area (Å²) in [5.74, 6) is 1.19. The van der Waals surface area contributed by atoms with E-state index < -0.39 is 5.60 Å². The van der Waals surface area contributed by atoms with Crippen LogP contribution in [0.3, 0.4) is 0 Å². The van der Waals surface area contributed by atoms with Crippen LogP contribution in [0.1, 0.15) is 25.3 Å². The fourth-order valence-electron chi connectivity index (χ4n) is 2.37. The molecule has 0 aliphatic heterocycles. The van der Waals surface area contributed by atoms with Gasteiger partial charge in [-0.25, -0.2) is 0 Å². The highest BCUT2D eigenvalue weighted by Crippen LogP contribution is 2.36. The fourth-order valence-corrected chi connectivity index (χ4v) is 2.37. The number of ether oxygens (including phenoxy) is 2. The third-order valence-electron chi connectivity index (χ3n) is 3.22. The molecule has 1 aliphatic carbocycles. The van der Waals surface area contributed by atoms with Gasteiger partial charge in [0.15, 0.2) is 17.3 Å². The van der Waals surface area contributed by atoms with Gasteiger partial charge in [0.05, 0.1) is 19.8 Å². The summed E-state index contributed by atoms with van der Waals surface area (Å²) in [5, 5.41) is 10.1. The summed E-state index contributed by atoms with van der Waals surface area (Å²) >= 11 is 0. The number of hydrogen-bond acceptors (Lipinski definition) is 4. The average molecular weight is 262 g/mol. The van der Waals surface area contributed by atoms with Crippen molar-refractivity contribution in [1.29, 1.82) is 0 Å². The molecule has 0 heterocycles. The van der Waals surface area contributed by atoms with Crippen LogP contribution in [0.15, 0.2) is 24.3 Å². The van der Waals surface area contributed by atoms with E-state index in [1.165, 1.54) is 0 Å². The number of methoxy groups -OCH3 is 2. The smallest absolute Gasteiger partial charge is 0.161 e. The van der Waals surface area contributed by atoms with Crippen molar-refractivity contribution in [2.45, 2.75) is 25.4 Å². The summed E-state index contributed by atoms with van der Waals surface area (Å²) in [6.07, 6.45) is 2.22. The molecule has 0 bridgehead atoms. The normalized spacial score (nSPS) is 22.9. The van der Waals surface area contributed by atoms with E-state index in [2.05, 4.69) is 0 Å². The highest BCUT2D eigenvalue weighted by Gasteiger charge is 2.30.